The Morgan fingerprint density at radius 2 is 2.24 bits per heavy atom. The third-order valence-electron chi connectivity index (χ3n) is 3.93. The second kappa shape index (κ2) is 5.45. The van der Waals surface area contributed by atoms with Crippen molar-refractivity contribution in [2.24, 2.45) is 5.92 Å². The lowest BCUT2D eigenvalue weighted by Crippen LogP contribution is -2.35. The van der Waals surface area contributed by atoms with Gasteiger partial charge in [-0.3, -0.25) is 4.79 Å². The highest BCUT2D eigenvalue weighted by Gasteiger charge is 2.44. The van der Waals surface area contributed by atoms with E-state index in [0.717, 1.165) is 0 Å². The summed E-state index contributed by atoms with van der Waals surface area (Å²) in [6.45, 7) is 0.820. The lowest BCUT2D eigenvalue weighted by Gasteiger charge is -2.11. The molecule has 0 radical (unpaired) electrons. The van der Waals surface area contributed by atoms with Gasteiger partial charge >= 0.3 is 0 Å². The molecule has 21 heavy (non-hydrogen) atoms. The standard InChI is InChI=1S/C16H17FN2O2/c17-14-4-3-12(15(20)19-16(10-18)5-6-16)7-13(14)9-21-8-11-1-2-11/h3-4,7,11H,1-2,5-6,8-9H2,(H,19,20). The van der Waals surface area contributed by atoms with E-state index in [2.05, 4.69) is 11.4 Å². The average molecular weight is 288 g/mol. The number of halogens is 1. The molecule has 0 unspecified atom stereocenters. The number of nitriles is 1. The van der Waals surface area contributed by atoms with Gasteiger partial charge in [0.2, 0.25) is 0 Å². The van der Waals surface area contributed by atoms with Crippen LogP contribution in [0, 0.1) is 23.1 Å². The number of amides is 1. The molecule has 1 aromatic rings. The molecular formula is C16H17FN2O2. The molecule has 1 aromatic carbocycles. The first-order chi connectivity index (χ1) is 10.1. The average Bonchev–Trinajstić information content (AvgIpc) is 3.37. The van der Waals surface area contributed by atoms with Crippen LogP contribution in [0.3, 0.4) is 0 Å². The molecule has 110 valence electrons. The number of carbonyl (C=O) groups is 1. The highest BCUT2D eigenvalue weighted by atomic mass is 19.1. The third kappa shape index (κ3) is 3.40. The van der Waals surface area contributed by atoms with E-state index >= 15 is 0 Å². The van der Waals surface area contributed by atoms with Gasteiger partial charge in [-0.15, -0.1) is 0 Å². The van der Waals surface area contributed by atoms with Crippen molar-refractivity contribution in [3.8, 4) is 6.07 Å². The second-order valence-electron chi connectivity index (χ2n) is 5.91. The molecule has 1 N–H and O–H groups in total. The summed E-state index contributed by atoms with van der Waals surface area (Å²) in [7, 11) is 0. The molecule has 0 saturated heterocycles. The summed E-state index contributed by atoms with van der Waals surface area (Å²) in [5, 5.41) is 11.7. The van der Waals surface area contributed by atoms with Crippen LogP contribution in [0.5, 0.6) is 0 Å². The molecule has 0 bridgehead atoms. The van der Waals surface area contributed by atoms with Gasteiger partial charge in [-0.2, -0.15) is 5.26 Å². The molecule has 0 aromatic heterocycles. The number of ether oxygens (including phenoxy) is 1. The smallest absolute Gasteiger partial charge is 0.252 e. The normalized spacial score (nSPS) is 18.9. The lowest BCUT2D eigenvalue weighted by molar-refractivity contribution is 0.0940. The summed E-state index contributed by atoms with van der Waals surface area (Å²) in [4.78, 5) is 12.1. The van der Waals surface area contributed by atoms with E-state index in [1.54, 1.807) is 0 Å². The van der Waals surface area contributed by atoms with Crippen molar-refractivity contribution in [3.05, 3.63) is 35.1 Å². The van der Waals surface area contributed by atoms with Gasteiger partial charge in [0.1, 0.15) is 11.4 Å². The van der Waals surface area contributed by atoms with Crippen molar-refractivity contribution in [1.82, 2.24) is 5.32 Å². The summed E-state index contributed by atoms with van der Waals surface area (Å²) >= 11 is 0. The summed E-state index contributed by atoms with van der Waals surface area (Å²) in [5.41, 5.74) is 0.0294. The Hall–Kier alpha value is -1.93. The van der Waals surface area contributed by atoms with Crippen LogP contribution in [0.2, 0.25) is 0 Å². The Labute approximate surface area is 122 Å². The number of nitrogens with one attached hydrogen (secondary N) is 1. The number of rotatable bonds is 6. The monoisotopic (exact) mass is 288 g/mol. The first-order valence-corrected chi connectivity index (χ1v) is 7.22. The topological polar surface area (TPSA) is 62.1 Å². The van der Waals surface area contributed by atoms with Gasteiger partial charge in [0.05, 0.1) is 12.7 Å². The largest absolute Gasteiger partial charge is 0.376 e. The zero-order chi connectivity index (χ0) is 14.9. The first-order valence-electron chi connectivity index (χ1n) is 7.22. The molecule has 5 heteroatoms. The van der Waals surface area contributed by atoms with E-state index in [9.17, 15) is 9.18 Å². The van der Waals surface area contributed by atoms with Crippen molar-refractivity contribution >= 4 is 5.91 Å². The Balaban J connectivity index is 1.64. The molecule has 0 heterocycles. The Morgan fingerprint density at radius 3 is 2.86 bits per heavy atom. The van der Waals surface area contributed by atoms with E-state index in [1.807, 2.05) is 0 Å². The quantitative estimate of drug-likeness (QED) is 0.875. The van der Waals surface area contributed by atoms with Crippen LogP contribution >= 0.6 is 0 Å². The van der Waals surface area contributed by atoms with E-state index in [-0.39, 0.29) is 18.3 Å². The molecule has 3 rings (SSSR count). The van der Waals surface area contributed by atoms with Gasteiger partial charge in [0, 0.05) is 17.7 Å². The fourth-order valence-corrected chi connectivity index (χ4v) is 2.13. The van der Waals surface area contributed by atoms with Crippen LogP contribution in [-0.4, -0.2) is 18.1 Å². The zero-order valence-corrected chi connectivity index (χ0v) is 11.7. The van der Waals surface area contributed by atoms with Crippen LogP contribution in [0.15, 0.2) is 18.2 Å². The summed E-state index contributed by atoms with van der Waals surface area (Å²) in [6.07, 6.45) is 3.71. The Bertz CT molecular complexity index is 601. The SMILES string of the molecule is N#CC1(NC(=O)c2ccc(F)c(COCC3CC3)c2)CC1. The molecule has 2 fully saturated rings. The summed E-state index contributed by atoms with van der Waals surface area (Å²) in [6, 6.07) is 6.31. The minimum Gasteiger partial charge on any atom is -0.376 e. The number of benzene rings is 1. The maximum Gasteiger partial charge on any atom is 0.252 e. The number of hydrogen-bond donors (Lipinski definition) is 1. The molecule has 4 nitrogen and oxygen atoms in total. The summed E-state index contributed by atoms with van der Waals surface area (Å²) < 4.78 is 19.2. The molecule has 0 spiro atoms. The van der Waals surface area contributed by atoms with Crippen LogP contribution in [-0.2, 0) is 11.3 Å². The molecule has 2 saturated carbocycles. The van der Waals surface area contributed by atoms with Crippen LogP contribution in [0.1, 0.15) is 41.6 Å². The molecule has 1 amide bonds. The molecular weight excluding hydrogens is 271 g/mol. The highest BCUT2D eigenvalue weighted by molar-refractivity contribution is 5.95. The molecule has 0 aliphatic heterocycles. The molecule has 0 atom stereocenters. The minimum absolute atomic E-state index is 0.173. The van der Waals surface area contributed by atoms with Crippen molar-refractivity contribution < 1.29 is 13.9 Å². The zero-order valence-electron chi connectivity index (χ0n) is 11.7. The number of carbonyl (C=O) groups excluding carboxylic acids is 1. The van der Waals surface area contributed by atoms with Crippen molar-refractivity contribution in [1.29, 1.82) is 5.26 Å². The van der Waals surface area contributed by atoms with Gasteiger partial charge in [-0.05, 0) is 49.8 Å². The van der Waals surface area contributed by atoms with Crippen molar-refractivity contribution in [2.75, 3.05) is 6.61 Å². The van der Waals surface area contributed by atoms with Gasteiger partial charge in [0.15, 0.2) is 0 Å². The number of nitrogens with zero attached hydrogens (tertiary/aromatic N) is 1. The minimum atomic E-state index is -0.714. The number of hydrogen-bond acceptors (Lipinski definition) is 3. The van der Waals surface area contributed by atoms with Crippen LogP contribution < -0.4 is 5.32 Å². The maximum atomic E-state index is 13.7. The summed E-state index contributed by atoms with van der Waals surface area (Å²) in [5.74, 6) is -0.0915. The van der Waals surface area contributed by atoms with Crippen molar-refractivity contribution in [2.45, 2.75) is 37.8 Å². The van der Waals surface area contributed by atoms with Gasteiger partial charge < -0.3 is 10.1 Å². The maximum absolute atomic E-state index is 13.7. The van der Waals surface area contributed by atoms with Crippen LogP contribution in [0.25, 0.3) is 0 Å². The van der Waals surface area contributed by atoms with Crippen LogP contribution in [0.4, 0.5) is 4.39 Å². The molecule has 2 aliphatic rings. The van der Waals surface area contributed by atoms with Crippen molar-refractivity contribution in [3.63, 3.8) is 0 Å². The highest BCUT2D eigenvalue weighted by Crippen LogP contribution is 2.34. The predicted molar refractivity (Wildman–Crippen MR) is 73.8 cm³/mol. The van der Waals surface area contributed by atoms with Gasteiger partial charge in [-0.25, -0.2) is 4.39 Å². The second-order valence-corrected chi connectivity index (χ2v) is 5.91. The van der Waals surface area contributed by atoms with E-state index in [1.165, 1.54) is 31.0 Å². The Morgan fingerprint density at radius 1 is 1.48 bits per heavy atom. The lowest BCUT2D eigenvalue weighted by atomic mass is 10.1. The van der Waals surface area contributed by atoms with Gasteiger partial charge in [0.25, 0.3) is 5.91 Å². The van der Waals surface area contributed by atoms with E-state index in [0.29, 0.717) is 36.5 Å². The van der Waals surface area contributed by atoms with E-state index < -0.39 is 5.54 Å². The first kappa shape index (κ1) is 14.0. The Kier molecular flexibility index (Phi) is 3.64. The fraction of sp³-hybridized carbons (Fsp3) is 0.500. The van der Waals surface area contributed by atoms with E-state index in [4.69, 9.17) is 10.00 Å². The predicted octanol–water partition coefficient (Wildman–Crippen LogP) is 2.54. The third-order valence-corrected chi connectivity index (χ3v) is 3.93. The fourth-order valence-electron chi connectivity index (χ4n) is 2.13. The van der Waals surface area contributed by atoms with Gasteiger partial charge in [-0.1, -0.05) is 0 Å². The molecule has 2 aliphatic carbocycles.